The van der Waals surface area contributed by atoms with Crippen molar-refractivity contribution in [2.45, 2.75) is 44.7 Å². The molecule has 0 atom stereocenters. The van der Waals surface area contributed by atoms with Crippen LogP contribution in [0.2, 0.25) is 0 Å². The highest BCUT2D eigenvalue weighted by atomic mass is 16.5. The van der Waals surface area contributed by atoms with Crippen LogP contribution in [-0.4, -0.2) is 28.9 Å². The molecule has 1 aliphatic carbocycles. The van der Waals surface area contributed by atoms with Crippen LogP contribution in [0.1, 0.15) is 48.0 Å². The summed E-state index contributed by atoms with van der Waals surface area (Å²) in [5.41, 5.74) is 1.92. The average molecular weight is 390 g/mol. The number of hydrogen-bond acceptors (Lipinski definition) is 3. The molecule has 1 N–H and O–H groups in total. The lowest BCUT2D eigenvalue weighted by atomic mass is 9.93. The number of nitrogens with one attached hydrogen (secondary N) is 1. The number of benzene rings is 2. The molecule has 5 nitrogen and oxygen atoms in total. The van der Waals surface area contributed by atoms with Crippen molar-refractivity contribution in [1.29, 1.82) is 0 Å². The lowest BCUT2D eigenvalue weighted by Crippen LogP contribution is -2.42. The zero-order valence-corrected chi connectivity index (χ0v) is 16.7. The van der Waals surface area contributed by atoms with E-state index in [0.717, 1.165) is 42.3 Å². The summed E-state index contributed by atoms with van der Waals surface area (Å²) in [6, 6.07) is 17.0. The Balaban J connectivity index is 1.67. The van der Waals surface area contributed by atoms with Gasteiger partial charge in [-0.05, 0) is 54.6 Å². The van der Waals surface area contributed by atoms with Gasteiger partial charge < -0.3 is 14.6 Å². The number of para-hydroxylation sites is 1. The number of rotatable bonds is 5. The first-order valence-electron chi connectivity index (χ1n) is 10.2. The Bertz CT molecular complexity index is 1050. The van der Waals surface area contributed by atoms with Crippen LogP contribution in [0.15, 0.2) is 59.4 Å². The maximum atomic E-state index is 13.4. The van der Waals surface area contributed by atoms with Gasteiger partial charge in [-0.1, -0.05) is 37.5 Å². The molecule has 0 saturated heterocycles. The second kappa shape index (κ2) is 8.52. The topological polar surface area (TPSA) is 62.4 Å². The molecule has 1 fully saturated rings. The Morgan fingerprint density at radius 2 is 1.79 bits per heavy atom. The van der Waals surface area contributed by atoms with Crippen molar-refractivity contribution in [3.05, 3.63) is 76.1 Å². The number of aromatic amines is 1. The lowest BCUT2D eigenvalue weighted by molar-refractivity contribution is 0.0613. The quantitative estimate of drug-likeness (QED) is 0.697. The fourth-order valence-electron chi connectivity index (χ4n) is 4.15. The Labute approximate surface area is 170 Å². The van der Waals surface area contributed by atoms with Gasteiger partial charge in [0.2, 0.25) is 0 Å². The molecule has 0 radical (unpaired) electrons. The van der Waals surface area contributed by atoms with Gasteiger partial charge in [0.25, 0.3) is 11.5 Å². The minimum atomic E-state index is -0.132. The van der Waals surface area contributed by atoms with Crippen molar-refractivity contribution >= 4 is 16.8 Å². The van der Waals surface area contributed by atoms with E-state index >= 15 is 0 Å². The summed E-state index contributed by atoms with van der Waals surface area (Å²) in [6.07, 6.45) is 5.40. The number of pyridine rings is 1. The Kier molecular flexibility index (Phi) is 5.65. The van der Waals surface area contributed by atoms with Crippen LogP contribution in [0.3, 0.4) is 0 Å². The number of carbonyl (C=O) groups excluding carboxylic acids is 1. The fraction of sp³-hybridized carbons (Fsp3) is 0.333. The third-order valence-electron chi connectivity index (χ3n) is 5.78. The van der Waals surface area contributed by atoms with Gasteiger partial charge in [-0.15, -0.1) is 0 Å². The van der Waals surface area contributed by atoms with Gasteiger partial charge in [0, 0.05) is 22.7 Å². The molecule has 150 valence electrons. The largest absolute Gasteiger partial charge is 0.497 e. The van der Waals surface area contributed by atoms with E-state index in [-0.39, 0.29) is 17.5 Å². The van der Waals surface area contributed by atoms with E-state index in [0.29, 0.717) is 17.7 Å². The van der Waals surface area contributed by atoms with Crippen molar-refractivity contribution in [1.82, 2.24) is 9.88 Å². The summed E-state index contributed by atoms with van der Waals surface area (Å²) in [5, 5.41) is 0.975. The van der Waals surface area contributed by atoms with Crippen LogP contribution in [0, 0.1) is 0 Å². The molecule has 4 rings (SSSR count). The van der Waals surface area contributed by atoms with Crippen LogP contribution in [0.5, 0.6) is 5.75 Å². The zero-order valence-electron chi connectivity index (χ0n) is 16.7. The fourth-order valence-corrected chi connectivity index (χ4v) is 4.15. The predicted octanol–water partition coefficient (Wildman–Crippen LogP) is 4.51. The summed E-state index contributed by atoms with van der Waals surface area (Å²) in [5.74, 6) is 0.684. The maximum Gasteiger partial charge on any atom is 0.254 e. The van der Waals surface area contributed by atoms with Gasteiger partial charge in [0.1, 0.15) is 5.75 Å². The molecule has 0 unspecified atom stereocenters. The first-order valence-corrected chi connectivity index (χ1v) is 10.2. The number of H-pyrrole nitrogens is 1. The number of carbonyl (C=O) groups is 1. The van der Waals surface area contributed by atoms with E-state index in [9.17, 15) is 9.59 Å². The molecule has 1 amide bonds. The van der Waals surface area contributed by atoms with Crippen LogP contribution in [0.4, 0.5) is 0 Å². The van der Waals surface area contributed by atoms with E-state index in [1.54, 1.807) is 31.4 Å². The maximum absolute atomic E-state index is 13.4. The molecule has 0 aliphatic heterocycles. The molecule has 1 heterocycles. The number of aromatic nitrogens is 1. The molecular weight excluding hydrogens is 364 g/mol. The first-order chi connectivity index (χ1) is 14.2. The van der Waals surface area contributed by atoms with E-state index in [4.69, 9.17) is 4.74 Å². The van der Waals surface area contributed by atoms with Gasteiger partial charge in [-0.2, -0.15) is 0 Å². The SMILES string of the molecule is COc1ccc(C(=O)N(Cc2cc3ccccc3[nH]c2=O)C2CCCCC2)cc1. The Morgan fingerprint density at radius 1 is 1.07 bits per heavy atom. The predicted molar refractivity (Wildman–Crippen MR) is 114 cm³/mol. The van der Waals surface area contributed by atoms with Crippen molar-refractivity contribution in [3.8, 4) is 5.75 Å². The molecule has 3 aromatic rings. The molecule has 5 heteroatoms. The van der Waals surface area contributed by atoms with Crippen LogP contribution in [-0.2, 0) is 6.54 Å². The zero-order chi connectivity index (χ0) is 20.2. The Hall–Kier alpha value is -3.08. The number of methoxy groups -OCH3 is 1. The highest BCUT2D eigenvalue weighted by molar-refractivity contribution is 5.94. The smallest absolute Gasteiger partial charge is 0.254 e. The van der Waals surface area contributed by atoms with Crippen molar-refractivity contribution < 1.29 is 9.53 Å². The first kappa shape index (κ1) is 19.2. The lowest BCUT2D eigenvalue weighted by Gasteiger charge is -2.34. The van der Waals surface area contributed by atoms with Crippen molar-refractivity contribution in [3.63, 3.8) is 0 Å². The number of hydrogen-bond donors (Lipinski definition) is 1. The molecule has 2 aromatic carbocycles. The van der Waals surface area contributed by atoms with Crippen molar-refractivity contribution in [2.75, 3.05) is 7.11 Å². The third-order valence-corrected chi connectivity index (χ3v) is 5.78. The van der Waals surface area contributed by atoms with Gasteiger partial charge in [-0.3, -0.25) is 9.59 Å². The van der Waals surface area contributed by atoms with Gasteiger partial charge in [0.05, 0.1) is 13.7 Å². The highest BCUT2D eigenvalue weighted by Crippen LogP contribution is 2.26. The summed E-state index contributed by atoms with van der Waals surface area (Å²) >= 11 is 0. The van der Waals surface area contributed by atoms with E-state index in [2.05, 4.69) is 4.98 Å². The second-order valence-corrected chi connectivity index (χ2v) is 7.66. The minimum Gasteiger partial charge on any atom is -0.497 e. The third kappa shape index (κ3) is 4.19. The molecule has 0 bridgehead atoms. The van der Waals surface area contributed by atoms with Gasteiger partial charge >= 0.3 is 0 Å². The minimum absolute atomic E-state index is 0.0351. The van der Waals surface area contributed by atoms with E-state index < -0.39 is 0 Å². The second-order valence-electron chi connectivity index (χ2n) is 7.66. The van der Waals surface area contributed by atoms with Crippen LogP contribution in [0.25, 0.3) is 10.9 Å². The average Bonchev–Trinajstić information content (AvgIpc) is 2.78. The van der Waals surface area contributed by atoms with Gasteiger partial charge in [0.15, 0.2) is 0 Å². The van der Waals surface area contributed by atoms with E-state index in [1.807, 2.05) is 35.2 Å². The highest BCUT2D eigenvalue weighted by Gasteiger charge is 2.27. The standard InChI is InChI=1S/C24H26N2O3/c1-29-21-13-11-17(12-14-21)24(28)26(20-8-3-2-4-9-20)16-19-15-18-7-5-6-10-22(18)25-23(19)27/h5-7,10-15,20H,2-4,8-9,16H2,1H3,(H,25,27). The number of nitrogens with zero attached hydrogens (tertiary/aromatic N) is 1. The van der Waals surface area contributed by atoms with Crippen molar-refractivity contribution in [2.24, 2.45) is 0 Å². The summed E-state index contributed by atoms with van der Waals surface area (Å²) in [6.45, 7) is 0.315. The van der Waals surface area contributed by atoms with Crippen LogP contribution < -0.4 is 10.3 Å². The summed E-state index contributed by atoms with van der Waals surface area (Å²) in [4.78, 5) is 30.9. The molecular formula is C24H26N2O3. The monoisotopic (exact) mass is 390 g/mol. The summed E-state index contributed by atoms with van der Waals surface area (Å²) < 4.78 is 5.21. The van der Waals surface area contributed by atoms with Gasteiger partial charge in [-0.25, -0.2) is 0 Å². The normalized spacial score (nSPS) is 14.7. The number of fused-ring (bicyclic) bond motifs is 1. The molecule has 0 spiro atoms. The Morgan fingerprint density at radius 3 is 2.52 bits per heavy atom. The molecule has 29 heavy (non-hydrogen) atoms. The summed E-state index contributed by atoms with van der Waals surface area (Å²) in [7, 11) is 1.61. The number of ether oxygens (including phenoxy) is 1. The number of amides is 1. The van der Waals surface area contributed by atoms with E-state index in [1.165, 1.54) is 6.42 Å². The molecule has 1 aromatic heterocycles. The van der Waals surface area contributed by atoms with Crippen LogP contribution >= 0.6 is 0 Å². The molecule has 1 saturated carbocycles. The molecule has 1 aliphatic rings.